The number of aromatic nitrogens is 2. The summed E-state index contributed by atoms with van der Waals surface area (Å²) in [5.41, 5.74) is 0. The first-order chi connectivity index (χ1) is 7.58. The summed E-state index contributed by atoms with van der Waals surface area (Å²) >= 11 is 1.30. The molecule has 0 amide bonds. The second-order valence-electron chi connectivity index (χ2n) is 4.34. The van der Waals surface area contributed by atoms with Gasteiger partial charge in [-0.1, -0.05) is 13.8 Å². The molecule has 1 heterocycles. The van der Waals surface area contributed by atoms with Gasteiger partial charge in [-0.2, -0.15) is 4.37 Å². The summed E-state index contributed by atoms with van der Waals surface area (Å²) < 4.78 is 4.25. The van der Waals surface area contributed by atoms with E-state index in [0.717, 1.165) is 23.8 Å². The average Bonchev–Trinajstić information content (AvgIpc) is 2.91. The number of anilines is 1. The van der Waals surface area contributed by atoms with Crippen LogP contribution in [0.4, 0.5) is 5.13 Å². The SMILES string of the molecule is CC(C)c1nsc(N(CC(=O)O)C2CC2)n1. The maximum Gasteiger partial charge on any atom is 0.323 e. The van der Waals surface area contributed by atoms with Crippen molar-refractivity contribution in [3.8, 4) is 0 Å². The lowest BCUT2D eigenvalue weighted by Crippen LogP contribution is -2.31. The zero-order chi connectivity index (χ0) is 11.7. The molecule has 0 radical (unpaired) electrons. The monoisotopic (exact) mass is 241 g/mol. The van der Waals surface area contributed by atoms with Crippen LogP contribution in [0.1, 0.15) is 38.4 Å². The van der Waals surface area contributed by atoms with Gasteiger partial charge < -0.3 is 10.0 Å². The van der Waals surface area contributed by atoms with Crippen molar-refractivity contribution in [2.75, 3.05) is 11.4 Å². The summed E-state index contributed by atoms with van der Waals surface area (Å²) in [6.07, 6.45) is 2.12. The second kappa shape index (κ2) is 4.37. The molecule has 0 atom stereocenters. The first-order valence-corrected chi connectivity index (χ1v) is 6.17. The summed E-state index contributed by atoms with van der Waals surface area (Å²) in [6.45, 7) is 4.09. The van der Waals surface area contributed by atoms with Crippen molar-refractivity contribution < 1.29 is 9.90 Å². The molecule has 0 bridgehead atoms. The van der Waals surface area contributed by atoms with Gasteiger partial charge in [0.25, 0.3) is 0 Å². The fraction of sp³-hybridized carbons (Fsp3) is 0.700. The predicted octanol–water partition coefficient (Wildman–Crippen LogP) is 1.71. The molecule has 6 heteroatoms. The fourth-order valence-electron chi connectivity index (χ4n) is 1.46. The van der Waals surface area contributed by atoms with Crippen LogP contribution in [0.5, 0.6) is 0 Å². The number of nitrogens with zero attached hydrogens (tertiary/aromatic N) is 3. The first kappa shape index (κ1) is 11.3. The molecule has 1 N–H and O–H groups in total. The van der Waals surface area contributed by atoms with Crippen LogP contribution in [0.3, 0.4) is 0 Å². The van der Waals surface area contributed by atoms with E-state index >= 15 is 0 Å². The zero-order valence-electron chi connectivity index (χ0n) is 9.38. The molecule has 0 unspecified atom stereocenters. The standard InChI is InChI=1S/C10H15N3O2S/c1-6(2)9-11-10(16-12-9)13(5-8(14)15)7-3-4-7/h6-7H,3-5H2,1-2H3,(H,14,15). The van der Waals surface area contributed by atoms with Crippen LogP contribution < -0.4 is 4.90 Å². The molecule has 1 fully saturated rings. The van der Waals surface area contributed by atoms with Crippen LogP contribution in [0.25, 0.3) is 0 Å². The van der Waals surface area contributed by atoms with E-state index in [0.29, 0.717) is 6.04 Å². The van der Waals surface area contributed by atoms with Gasteiger partial charge in [-0.25, -0.2) is 4.98 Å². The number of rotatable bonds is 5. The molecule has 0 aromatic carbocycles. The van der Waals surface area contributed by atoms with E-state index in [2.05, 4.69) is 9.36 Å². The van der Waals surface area contributed by atoms with Gasteiger partial charge in [0.05, 0.1) is 0 Å². The fourth-order valence-corrected chi connectivity index (χ4v) is 2.34. The van der Waals surface area contributed by atoms with Crippen LogP contribution in [0.15, 0.2) is 0 Å². The van der Waals surface area contributed by atoms with Gasteiger partial charge in [-0.3, -0.25) is 4.79 Å². The highest BCUT2D eigenvalue weighted by Crippen LogP contribution is 2.33. The van der Waals surface area contributed by atoms with E-state index in [4.69, 9.17) is 5.11 Å². The highest BCUT2D eigenvalue weighted by atomic mass is 32.1. The maximum absolute atomic E-state index is 10.8. The van der Waals surface area contributed by atoms with Gasteiger partial charge in [0, 0.05) is 23.5 Å². The van der Waals surface area contributed by atoms with Crippen molar-refractivity contribution in [3.05, 3.63) is 5.82 Å². The molecule has 88 valence electrons. The largest absolute Gasteiger partial charge is 0.480 e. The van der Waals surface area contributed by atoms with Crippen molar-refractivity contribution in [3.63, 3.8) is 0 Å². The molecule has 0 saturated heterocycles. The van der Waals surface area contributed by atoms with E-state index in [-0.39, 0.29) is 12.5 Å². The van der Waals surface area contributed by atoms with Crippen molar-refractivity contribution in [2.45, 2.75) is 38.6 Å². The van der Waals surface area contributed by atoms with Crippen molar-refractivity contribution >= 4 is 22.6 Å². The van der Waals surface area contributed by atoms with E-state index < -0.39 is 5.97 Å². The number of carboxylic acid groups (broad SMARTS) is 1. The molecule has 0 aliphatic heterocycles. The number of hydrogen-bond donors (Lipinski definition) is 1. The Morgan fingerprint density at radius 1 is 1.62 bits per heavy atom. The Morgan fingerprint density at radius 3 is 2.75 bits per heavy atom. The topological polar surface area (TPSA) is 66.3 Å². The van der Waals surface area contributed by atoms with Gasteiger partial charge in [0.1, 0.15) is 12.4 Å². The van der Waals surface area contributed by atoms with Gasteiger partial charge >= 0.3 is 5.97 Å². The molecule has 0 spiro atoms. The Hall–Kier alpha value is -1.17. The normalized spacial score (nSPS) is 15.4. The molecule has 1 saturated carbocycles. The Balaban J connectivity index is 2.14. The molecule has 2 rings (SSSR count). The van der Waals surface area contributed by atoms with Crippen LogP contribution >= 0.6 is 11.5 Å². The number of carboxylic acids is 1. The smallest absolute Gasteiger partial charge is 0.323 e. The lowest BCUT2D eigenvalue weighted by Gasteiger charge is -2.17. The van der Waals surface area contributed by atoms with E-state index in [1.54, 1.807) is 0 Å². The summed E-state index contributed by atoms with van der Waals surface area (Å²) in [6, 6.07) is 0.351. The van der Waals surface area contributed by atoms with E-state index in [1.165, 1.54) is 11.5 Å². The molecule has 1 aromatic rings. The minimum absolute atomic E-state index is 0.0252. The Bertz CT molecular complexity index is 387. The highest BCUT2D eigenvalue weighted by molar-refractivity contribution is 7.09. The van der Waals surface area contributed by atoms with Crippen molar-refractivity contribution in [1.29, 1.82) is 0 Å². The van der Waals surface area contributed by atoms with Crippen LogP contribution in [-0.4, -0.2) is 33.0 Å². The maximum atomic E-state index is 10.8. The Kier molecular flexibility index (Phi) is 3.09. The molecule has 1 aromatic heterocycles. The van der Waals surface area contributed by atoms with Crippen LogP contribution in [0, 0.1) is 0 Å². The lowest BCUT2D eigenvalue weighted by atomic mass is 10.2. The lowest BCUT2D eigenvalue weighted by molar-refractivity contribution is -0.135. The van der Waals surface area contributed by atoms with Crippen molar-refractivity contribution in [1.82, 2.24) is 9.36 Å². The minimum Gasteiger partial charge on any atom is -0.480 e. The van der Waals surface area contributed by atoms with Gasteiger partial charge in [-0.05, 0) is 12.8 Å². The summed E-state index contributed by atoms with van der Waals surface area (Å²) in [5.74, 6) is 0.278. The van der Waals surface area contributed by atoms with Crippen molar-refractivity contribution in [2.24, 2.45) is 0 Å². The molecule has 1 aliphatic carbocycles. The third kappa shape index (κ3) is 2.49. The second-order valence-corrected chi connectivity index (χ2v) is 5.07. The van der Waals surface area contributed by atoms with Gasteiger partial charge in [-0.15, -0.1) is 0 Å². The van der Waals surface area contributed by atoms with E-state index in [9.17, 15) is 4.79 Å². The van der Waals surface area contributed by atoms with E-state index in [1.807, 2.05) is 18.7 Å². The minimum atomic E-state index is -0.812. The highest BCUT2D eigenvalue weighted by Gasteiger charge is 2.32. The summed E-state index contributed by atoms with van der Waals surface area (Å²) in [4.78, 5) is 17.0. The first-order valence-electron chi connectivity index (χ1n) is 5.40. The third-order valence-corrected chi connectivity index (χ3v) is 3.25. The summed E-state index contributed by atoms with van der Waals surface area (Å²) in [5, 5.41) is 9.60. The van der Waals surface area contributed by atoms with Crippen LogP contribution in [0.2, 0.25) is 0 Å². The molecule has 16 heavy (non-hydrogen) atoms. The molecular formula is C10H15N3O2S. The quantitative estimate of drug-likeness (QED) is 0.850. The number of carbonyl (C=O) groups is 1. The molecule has 5 nitrogen and oxygen atoms in total. The number of hydrogen-bond acceptors (Lipinski definition) is 5. The third-order valence-electron chi connectivity index (χ3n) is 2.49. The number of aliphatic carboxylic acids is 1. The van der Waals surface area contributed by atoms with Crippen LogP contribution in [-0.2, 0) is 4.79 Å². The van der Waals surface area contributed by atoms with Gasteiger partial charge in [0.2, 0.25) is 5.13 Å². The summed E-state index contributed by atoms with van der Waals surface area (Å²) in [7, 11) is 0. The molecular weight excluding hydrogens is 226 g/mol. The zero-order valence-corrected chi connectivity index (χ0v) is 10.2. The Morgan fingerprint density at radius 2 is 2.31 bits per heavy atom. The molecule has 1 aliphatic rings. The predicted molar refractivity (Wildman–Crippen MR) is 62.0 cm³/mol. The average molecular weight is 241 g/mol. The Labute approximate surface area is 98.3 Å². The van der Waals surface area contributed by atoms with Gasteiger partial charge in [0.15, 0.2) is 0 Å².